The molecule has 20 heavy (non-hydrogen) atoms. The first kappa shape index (κ1) is 12.6. The van der Waals surface area contributed by atoms with E-state index >= 15 is 0 Å². The Labute approximate surface area is 117 Å². The van der Waals surface area contributed by atoms with Crippen molar-refractivity contribution in [3.63, 3.8) is 0 Å². The summed E-state index contributed by atoms with van der Waals surface area (Å²) in [4.78, 5) is 8.55. The molecule has 3 aromatic rings. The molecular formula is C16H16N4. The van der Waals surface area contributed by atoms with Crippen LogP contribution in [-0.2, 0) is 6.42 Å². The van der Waals surface area contributed by atoms with Crippen LogP contribution in [0.2, 0.25) is 0 Å². The van der Waals surface area contributed by atoms with Crippen molar-refractivity contribution in [2.75, 3.05) is 5.73 Å². The topological polar surface area (TPSA) is 77.8 Å². The average Bonchev–Trinajstić information content (AvgIpc) is 2.49. The van der Waals surface area contributed by atoms with Gasteiger partial charge in [-0.2, -0.15) is 0 Å². The first-order valence-electron chi connectivity index (χ1n) is 6.53. The molecule has 100 valence electrons. The van der Waals surface area contributed by atoms with E-state index in [2.05, 4.69) is 16.0 Å². The van der Waals surface area contributed by atoms with E-state index in [4.69, 9.17) is 11.5 Å². The maximum absolute atomic E-state index is 6.32. The normalized spacial score (nSPS) is 12.4. The van der Waals surface area contributed by atoms with Crippen LogP contribution in [0.4, 0.5) is 5.69 Å². The van der Waals surface area contributed by atoms with Gasteiger partial charge in [-0.15, -0.1) is 0 Å². The number of rotatable bonds is 3. The Kier molecular flexibility index (Phi) is 3.31. The predicted octanol–water partition coefficient (Wildman–Crippen LogP) is 2.45. The van der Waals surface area contributed by atoms with Crippen molar-refractivity contribution in [2.45, 2.75) is 12.5 Å². The fraction of sp³-hybridized carbons (Fsp3) is 0.125. The van der Waals surface area contributed by atoms with Gasteiger partial charge in [-0.1, -0.05) is 24.3 Å². The highest BCUT2D eigenvalue weighted by Crippen LogP contribution is 2.24. The Balaban J connectivity index is 1.97. The van der Waals surface area contributed by atoms with Gasteiger partial charge in [0.15, 0.2) is 0 Å². The molecule has 0 saturated carbocycles. The van der Waals surface area contributed by atoms with Crippen LogP contribution in [-0.4, -0.2) is 9.97 Å². The summed E-state index contributed by atoms with van der Waals surface area (Å²) in [7, 11) is 0. The number of nitrogens with two attached hydrogens (primary N) is 2. The van der Waals surface area contributed by atoms with E-state index < -0.39 is 0 Å². The zero-order valence-corrected chi connectivity index (χ0v) is 11.0. The summed E-state index contributed by atoms with van der Waals surface area (Å²) in [6, 6.07) is 11.7. The van der Waals surface area contributed by atoms with Gasteiger partial charge in [-0.25, -0.2) is 0 Å². The Morgan fingerprint density at radius 1 is 1.05 bits per heavy atom. The van der Waals surface area contributed by atoms with Crippen LogP contribution in [0.5, 0.6) is 0 Å². The number of nitrogen functional groups attached to an aromatic ring is 1. The van der Waals surface area contributed by atoms with Crippen LogP contribution in [0.3, 0.4) is 0 Å². The van der Waals surface area contributed by atoms with Gasteiger partial charge in [-0.05, 0) is 29.5 Å². The average molecular weight is 264 g/mol. The highest BCUT2D eigenvalue weighted by atomic mass is 14.8. The number of pyridine rings is 2. The molecule has 0 saturated heterocycles. The largest absolute Gasteiger partial charge is 0.398 e. The Morgan fingerprint density at radius 2 is 1.90 bits per heavy atom. The van der Waals surface area contributed by atoms with E-state index in [0.717, 1.165) is 27.7 Å². The maximum atomic E-state index is 6.32. The summed E-state index contributed by atoms with van der Waals surface area (Å²) < 4.78 is 0. The Hall–Kier alpha value is -2.46. The molecule has 0 spiro atoms. The molecule has 0 aliphatic carbocycles. The number of hydrogen-bond acceptors (Lipinski definition) is 4. The van der Waals surface area contributed by atoms with Crippen molar-refractivity contribution in [3.05, 3.63) is 66.2 Å². The first-order valence-corrected chi connectivity index (χ1v) is 6.53. The van der Waals surface area contributed by atoms with Crippen LogP contribution in [0.15, 0.2) is 55.0 Å². The summed E-state index contributed by atoms with van der Waals surface area (Å²) in [6.45, 7) is 0. The molecule has 3 rings (SSSR count). The standard InChI is InChI=1S/C16H16N4/c17-14-6-7-19-10-12(14)9-15(18)16-13-4-2-1-3-11(13)5-8-20-16/h1-8,10,15H,9,18H2,(H2,17,19). The second kappa shape index (κ2) is 5.27. The molecule has 0 aliphatic rings. The molecule has 1 unspecified atom stereocenters. The SMILES string of the molecule is Nc1ccncc1CC(N)c1nccc2ccccc12. The fourth-order valence-electron chi connectivity index (χ4n) is 2.38. The van der Waals surface area contributed by atoms with E-state index in [0.29, 0.717) is 6.42 Å². The summed E-state index contributed by atoms with van der Waals surface area (Å²) in [5.41, 5.74) is 14.8. The number of benzene rings is 1. The molecule has 0 bridgehead atoms. The van der Waals surface area contributed by atoms with Crippen LogP contribution in [0, 0.1) is 0 Å². The molecule has 2 heterocycles. The van der Waals surface area contributed by atoms with Crippen molar-refractivity contribution >= 4 is 16.5 Å². The highest BCUT2D eigenvalue weighted by molar-refractivity contribution is 5.84. The fourth-order valence-corrected chi connectivity index (χ4v) is 2.38. The van der Waals surface area contributed by atoms with Crippen molar-refractivity contribution in [2.24, 2.45) is 5.73 Å². The lowest BCUT2D eigenvalue weighted by molar-refractivity contribution is 0.703. The predicted molar refractivity (Wildman–Crippen MR) is 81.0 cm³/mol. The monoisotopic (exact) mass is 264 g/mol. The van der Waals surface area contributed by atoms with Crippen molar-refractivity contribution < 1.29 is 0 Å². The van der Waals surface area contributed by atoms with Crippen LogP contribution < -0.4 is 11.5 Å². The quantitative estimate of drug-likeness (QED) is 0.761. The van der Waals surface area contributed by atoms with Gasteiger partial charge < -0.3 is 11.5 Å². The first-order chi connectivity index (χ1) is 9.75. The zero-order valence-electron chi connectivity index (χ0n) is 11.0. The lowest BCUT2D eigenvalue weighted by atomic mass is 9.99. The van der Waals surface area contributed by atoms with E-state index in [1.807, 2.05) is 24.3 Å². The third kappa shape index (κ3) is 2.33. The van der Waals surface area contributed by atoms with Crippen molar-refractivity contribution in [1.29, 1.82) is 0 Å². The molecule has 0 fully saturated rings. The summed E-state index contributed by atoms with van der Waals surface area (Å²) in [6.07, 6.45) is 5.87. The number of aromatic nitrogens is 2. The lowest BCUT2D eigenvalue weighted by Crippen LogP contribution is -2.16. The van der Waals surface area contributed by atoms with E-state index in [9.17, 15) is 0 Å². The minimum Gasteiger partial charge on any atom is -0.398 e. The van der Waals surface area contributed by atoms with Gasteiger partial charge >= 0.3 is 0 Å². The van der Waals surface area contributed by atoms with Gasteiger partial charge in [0, 0.05) is 29.7 Å². The maximum Gasteiger partial charge on any atom is 0.0652 e. The molecular weight excluding hydrogens is 248 g/mol. The lowest BCUT2D eigenvalue weighted by Gasteiger charge is -2.14. The van der Waals surface area contributed by atoms with Crippen LogP contribution in [0.25, 0.3) is 10.8 Å². The minimum atomic E-state index is -0.201. The van der Waals surface area contributed by atoms with Gasteiger partial charge in [0.1, 0.15) is 0 Å². The Bertz CT molecular complexity index is 734. The number of anilines is 1. The van der Waals surface area contributed by atoms with Crippen LogP contribution in [0.1, 0.15) is 17.3 Å². The molecule has 0 aliphatic heterocycles. The van der Waals surface area contributed by atoms with Crippen molar-refractivity contribution in [3.8, 4) is 0 Å². The smallest absolute Gasteiger partial charge is 0.0652 e. The summed E-state index contributed by atoms with van der Waals surface area (Å²) >= 11 is 0. The third-order valence-corrected chi connectivity index (χ3v) is 3.44. The number of fused-ring (bicyclic) bond motifs is 1. The molecule has 0 radical (unpaired) electrons. The molecule has 4 nitrogen and oxygen atoms in total. The highest BCUT2D eigenvalue weighted by Gasteiger charge is 2.13. The Morgan fingerprint density at radius 3 is 2.75 bits per heavy atom. The van der Waals surface area contributed by atoms with Gasteiger partial charge in [0.25, 0.3) is 0 Å². The molecule has 4 heteroatoms. The molecule has 2 aromatic heterocycles. The third-order valence-electron chi connectivity index (χ3n) is 3.44. The second-order valence-corrected chi connectivity index (χ2v) is 4.80. The van der Waals surface area contributed by atoms with Crippen molar-refractivity contribution in [1.82, 2.24) is 9.97 Å². The second-order valence-electron chi connectivity index (χ2n) is 4.80. The molecule has 1 atom stereocenters. The minimum absolute atomic E-state index is 0.201. The van der Waals surface area contributed by atoms with E-state index in [1.54, 1.807) is 24.7 Å². The summed E-state index contributed by atoms with van der Waals surface area (Å²) in [5.74, 6) is 0. The van der Waals surface area contributed by atoms with E-state index in [-0.39, 0.29) is 6.04 Å². The number of nitrogens with zero attached hydrogens (tertiary/aromatic N) is 2. The molecule has 4 N–H and O–H groups in total. The van der Waals surface area contributed by atoms with Gasteiger partial charge in [0.05, 0.1) is 11.7 Å². The number of hydrogen-bond donors (Lipinski definition) is 2. The van der Waals surface area contributed by atoms with Gasteiger partial charge in [0.2, 0.25) is 0 Å². The molecule has 1 aromatic carbocycles. The summed E-state index contributed by atoms with van der Waals surface area (Å²) in [5, 5.41) is 2.23. The molecule has 0 amide bonds. The van der Waals surface area contributed by atoms with Crippen LogP contribution >= 0.6 is 0 Å². The van der Waals surface area contributed by atoms with E-state index in [1.165, 1.54) is 0 Å². The van der Waals surface area contributed by atoms with Gasteiger partial charge in [-0.3, -0.25) is 9.97 Å². The zero-order chi connectivity index (χ0) is 13.9.